The molecule has 1 rings (SSSR count). The van der Waals surface area contributed by atoms with E-state index in [4.69, 9.17) is 0 Å². The van der Waals surface area contributed by atoms with E-state index >= 15 is 0 Å². The molecule has 8 heteroatoms. The molecule has 0 unspecified atom stereocenters. The Morgan fingerprint density at radius 2 is 1.88 bits per heavy atom. The van der Waals surface area contributed by atoms with E-state index in [2.05, 4.69) is 17.6 Å². The van der Waals surface area contributed by atoms with Crippen molar-refractivity contribution in [2.24, 2.45) is 0 Å². The smallest absolute Gasteiger partial charge is 0.255 e. The second-order valence-electron chi connectivity index (χ2n) is 6.14. The Morgan fingerprint density at radius 3 is 2.50 bits per heavy atom. The molecule has 0 saturated heterocycles. The van der Waals surface area contributed by atoms with Crippen molar-refractivity contribution in [3.8, 4) is 0 Å². The Hall–Kier alpha value is -0.990. The summed E-state index contributed by atoms with van der Waals surface area (Å²) in [5.41, 5.74) is 0. The highest BCUT2D eigenvalue weighted by atomic mass is 33.1. The van der Waals surface area contributed by atoms with Gasteiger partial charge in [0.25, 0.3) is 11.8 Å². The van der Waals surface area contributed by atoms with Gasteiger partial charge in [0.1, 0.15) is 6.67 Å². The van der Waals surface area contributed by atoms with Gasteiger partial charge in [-0.3, -0.25) is 19.3 Å². The first-order valence-electron chi connectivity index (χ1n) is 8.17. The molecule has 0 fully saturated rings. The highest BCUT2D eigenvalue weighted by molar-refractivity contribution is 8.77. The lowest BCUT2D eigenvalue weighted by molar-refractivity contribution is -0.137. The zero-order valence-corrected chi connectivity index (χ0v) is 16.2. The van der Waals surface area contributed by atoms with Crippen LogP contribution in [0.3, 0.4) is 0 Å². The normalized spacial score (nSPS) is 14.5. The molecular formula is C16H27N3O3S2. The van der Waals surface area contributed by atoms with E-state index in [9.17, 15) is 14.4 Å². The van der Waals surface area contributed by atoms with Crippen LogP contribution in [-0.4, -0.2) is 52.9 Å². The Labute approximate surface area is 152 Å². The van der Waals surface area contributed by atoms with Crippen LogP contribution in [-0.2, 0) is 14.4 Å². The fourth-order valence-electron chi connectivity index (χ4n) is 1.97. The Morgan fingerprint density at radius 1 is 1.21 bits per heavy atom. The molecule has 1 aliphatic heterocycles. The molecule has 136 valence electrons. The number of amides is 3. The van der Waals surface area contributed by atoms with E-state index in [1.54, 1.807) is 21.6 Å². The third-order valence-corrected chi connectivity index (χ3v) is 6.57. The van der Waals surface area contributed by atoms with Crippen LogP contribution in [0.25, 0.3) is 0 Å². The number of hydrogen-bond donors (Lipinski definition) is 2. The minimum absolute atomic E-state index is 0.0707. The monoisotopic (exact) mass is 373 g/mol. The Balaban J connectivity index is 2.17. The number of carbonyl (C=O) groups excluding carboxylic acids is 3. The average molecular weight is 374 g/mol. The number of carbonyl (C=O) groups is 3. The third-order valence-electron chi connectivity index (χ3n) is 3.27. The summed E-state index contributed by atoms with van der Waals surface area (Å²) in [6.45, 7) is 8.15. The maximum absolute atomic E-state index is 12.0. The van der Waals surface area contributed by atoms with Gasteiger partial charge in [0.2, 0.25) is 5.91 Å². The SMILES string of the molecule is CCCCNCCSSC(C)(C)CC(=O)NCN1C(=O)C=CC1=O. The van der Waals surface area contributed by atoms with Gasteiger partial charge in [-0.1, -0.05) is 34.9 Å². The standard InChI is InChI=1S/C16H27N3O3S2/c1-4-5-8-17-9-10-23-24-16(2,3)11-13(20)18-12-19-14(21)6-7-15(19)22/h6-7,17H,4-5,8-12H2,1-3H3,(H,18,20). The van der Waals surface area contributed by atoms with Crippen LogP contribution >= 0.6 is 21.6 Å². The molecule has 0 spiro atoms. The zero-order valence-electron chi connectivity index (χ0n) is 14.6. The van der Waals surface area contributed by atoms with Crippen molar-refractivity contribution in [2.75, 3.05) is 25.5 Å². The quantitative estimate of drug-likeness (QED) is 0.309. The van der Waals surface area contributed by atoms with Gasteiger partial charge in [0.05, 0.1) is 0 Å². The van der Waals surface area contributed by atoms with Crippen LogP contribution in [0.1, 0.15) is 40.0 Å². The minimum Gasteiger partial charge on any atom is -0.338 e. The predicted molar refractivity (Wildman–Crippen MR) is 101 cm³/mol. The lowest BCUT2D eigenvalue weighted by Gasteiger charge is -2.23. The van der Waals surface area contributed by atoms with Crippen molar-refractivity contribution in [1.82, 2.24) is 15.5 Å². The van der Waals surface area contributed by atoms with E-state index in [0.29, 0.717) is 6.42 Å². The molecule has 0 aliphatic carbocycles. The summed E-state index contributed by atoms with van der Waals surface area (Å²) in [6, 6.07) is 0. The summed E-state index contributed by atoms with van der Waals surface area (Å²) in [5, 5.41) is 6.02. The van der Waals surface area contributed by atoms with Gasteiger partial charge in [0, 0.05) is 35.6 Å². The van der Waals surface area contributed by atoms with Crippen molar-refractivity contribution in [1.29, 1.82) is 0 Å². The first-order chi connectivity index (χ1) is 11.4. The fraction of sp³-hybridized carbons (Fsp3) is 0.688. The summed E-state index contributed by atoms with van der Waals surface area (Å²) in [7, 11) is 3.44. The highest BCUT2D eigenvalue weighted by Crippen LogP contribution is 2.37. The molecule has 0 aromatic heterocycles. The molecule has 0 atom stereocenters. The number of imide groups is 1. The van der Waals surface area contributed by atoms with E-state index in [1.807, 2.05) is 13.8 Å². The van der Waals surface area contributed by atoms with Crippen molar-refractivity contribution in [3.05, 3.63) is 12.2 Å². The molecule has 24 heavy (non-hydrogen) atoms. The summed E-state index contributed by atoms with van der Waals surface area (Å²) in [4.78, 5) is 35.8. The van der Waals surface area contributed by atoms with Gasteiger partial charge >= 0.3 is 0 Å². The minimum atomic E-state index is -0.389. The number of unbranched alkanes of at least 4 members (excludes halogenated alkanes) is 1. The van der Waals surface area contributed by atoms with Crippen LogP contribution in [0.15, 0.2) is 12.2 Å². The third kappa shape index (κ3) is 8.21. The van der Waals surface area contributed by atoms with Crippen molar-refractivity contribution in [3.63, 3.8) is 0 Å². The van der Waals surface area contributed by atoms with E-state index < -0.39 is 0 Å². The molecule has 0 saturated carbocycles. The molecule has 2 N–H and O–H groups in total. The molecule has 0 aromatic carbocycles. The van der Waals surface area contributed by atoms with Gasteiger partial charge in [-0.2, -0.15) is 0 Å². The molecule has 1 aliphatic rings. The van der Waals surface area contributed by atoms with Crippen molar-refractivity contribution < 1.29 is 14.4 Å². The number of rotatable bonds is 12. The summed E-state index contributed by atoms with van der Waals surface area (Å²) in [5.74, 6) is 0.0452. The second-order valence-corrected chi connectivity index (χ2v) is 9.26. The fourth-order valence-corrected chi connectivity index (χ4v) is 4.43. The molecule has 0 radical (unpaired) electrons. The number of hydrogen-bond acceptors (Lipinski definition) is 6. The van der Waals surface area contributed by atoms with Crippen molar-refractivity contribution >= 4 is 39.3 Å². The molecule has 0 bridgehead atoms. The van der Waals surface area contributed by atoms with Gasteiger partial charge in [-0.15, -0.1) is 0 Å². The predicted octanol–water partition coefficient (Wildman–Crippen LogP) is 1.92. The largest absolute Gasteiger partial charge is 0.338 e. The maximum Gasteiger partial charge on any atom is 0.255 e. The average Bonchev–Trinajstić information content (AvgIpc) is 2.82. The van der Waals surface area contributed by atoms with Crippen LogP contribution < -0.4 is 10.6 Å². The van der Waals surface area contributed by atoms with E-state index in [1.165, 1.54) is 25.0 Å². The maximum atomic E-state index is 12.0. The number of nitrogens with zero attached hydrogens (tertiary/aromatic N) is 1. The Bertz CT molecular complexity index is 463. The highest BCUT2D eigenvalue weighted by Gasteiger charge is 2.26. The van der Waals surface area contributed by atoms with Gasteiger partial charge in [-0.25, -0.2) is 0 Å². The van der Waals surface area contributed by atoms with E-state index in [0.717, 1.165) is 23.7 Å². The molecule has 0 aromatic rings. The number of nitrogens with one attached hydrogen (secondary N) is 2. The lowest BCUT2D eigenvalue weighted by Crippen LogP contribution is -2.42. The first-order valence-corrected chi connectivity index (χ1v) is 10.5. The summed E-state index contributed by atoms with van der Waals surface area (Å²) >= 11 is 0. The van der Waals surface area contributed by atoms with Gasteiger partial charge in [-0.05, 0) is 26.8 Å². The Kier molecular flexibility index (Phi) is 9.46. The van der Waals surface area contributed by atoms with Crippen LogP contribution in [0.4, 0.5) is 0 Å². The van der Waals surface area contributed by atoms with E-state index in [-0.39, 0.29) is 29.1 Å². The lowest BCUT2D eigenvalue weighted by atomic mass is 10.1. The van der Waals surface area contributed by atoms with Crippen LogP contribution in [0, 0.1) is 0 Å². The summed E-state index contributed by atoms with van der Waals surface area (Å²) in [6.07, 6.45) is 5.14. The first kappa shape index (κ1) is 21.1. The zero-order chi connectivity index (χ0) is 18.0. The molecule has 6 nitrogen and oxygen atoms in total. The molecular weight excluding hydrogens is 346 g/mol. The topological polar surface area (TPSA) is 78.5 Å². The summed E-state index contributed by atoms with van der Waals surface area (Å²) < 4.78 is -0.213. The van der Waals surface area contributed by atoms with Crippen molar-refractivity contribution in [2.45, 2.75) is 44.8 Å². The van der Waals surface area contributed by atoms with Crippen LogP contribution in [0.5, 0.6) is 0 Å². The van der Waals surface area contributed by atoms with Gasteiger partial charge in [0.15, 0.2) is 0 Å². The molecule has 3 amide bonds. The van der Waals surface area contributed by atoms with Gasteiger partial charge < -0.3 is 10.6 Å². The second kappa shape index (κ2) is 10.8. The molecule has 1 heterocycles. The van der Waals surface area contributed by atoms with Crippen LogP contribution in [0.2, 0.25) is 0 Å².